The fraction of sp³-hybridized carbons (Fsp3) is 0.250. The molecule has 13 heavy (non-hydrogen) atoms. The molecular weight excluding hydrogens is 192 g/mol. The number of pyridine rings is 1. The first-order chi connectivity index (χ1) is 6.11. The van der Waals surface area contributed by atoms with Gasteiger partial charge in [0.05, 0.1) is 0 Å². The number of carbonyl (C=O) groups is 1. The van der Waals surface area contributed by atoms with Crippen LogP contribution in [-0.4, -0.2) is 16.2 Å². The predicted octanol–water partition coefficient (Wildman–Crippen LogP) is 2.39. The second-order valence-electron chi connectivity index (χ2n) is 2.47. The molecular formula is C8H9ClN2O2. The Morgan fingerprint density at radius 2 is 2.38 bits per heavy atom. The van der Waals surface area contributed by atoms with Crippen LogP contribution in [0, 0.1) is 0 Å². The number of hydrogen-bond acceptors (Lipinski definition) is 2. The van der Waals surface area contributed by atoms with Crippen LogP contribution in [0.25, 0.3) is 0 Å². The zero-order valence-corrected chi connectivity index (χ0v) is 7.80. The first-order valence-electron chi connectivity index (χ1n) is 3.78. The van der Waals surface area contributed by atoms with Crippen LogP contribution in [0.5, 0.6) is 0 Å². The second kappa shape index (κ2) is 4.09. The summed E-state index contributed by atoms with van der Waals surface area (Å²) in [5.74, 6) is 0.261. The van der Waals surface area contributed by atoms with Crippen molar-refractivity contribution >= 4 is 23.5 Å². The van der Waals surface area contributed by atoms with Gasteiger partial charge in [-0.1, -0.05) is 18.5 Å². The number of nitrogens with one attached hydrogen (secondary N) is 1. The largest absolute Gasteiger partial charge is 0.465 e. The molecule has 0 fully saturated rings. The molecule has 0 unspecified atom stereocenters. The number of carboxylic acid groups (broad SMARTS) is 1. The predicted molar refractivity (Wildman–Crippen MR) is 50.3 cm³/mol. The van der Waals surface area contributed by atoms with Gasteiger partial charge in [-0.3, -0.25) is 5.32 Å². The maximum Gasteiger partial charge on any atom is 0.410 e. The maximum absolute atomic E-state index is 10.3. The molecule has 0 aliphatic carbocycles. The Balaban J connectivity index is 2.94. The zero-order chi connectivity index (χ0) is 9.84. The first kappa shape index (κ1) is 9.80. The Labute approximate surface area is 80.6 Å². The molecule has 1 aromatic rings. The molecule has 0 aromatic carbocycles. The highest BCUT2D eigenvalue weighted by molar-refractivity contribution is 6.29. The van der Waals surface area contributed by atoms with Crippen molar-refractivity contribution in [2.75, 3.05) is 5.32 Å². The van der Waals surface area contributed by atoms with Crippen molar-refractivity contribution in [1.82, 2.24) is 4.98 Å². The van der Waals surface area contributed by atoms with Gasteiger partial charge in [-0.25, -0.2) is 9.78 Å². The second-order valence-corrected chi connectivity index (χ2v) is 2.85. The Kier molecular flexibility index (Phi) is 3.08. The van der Waals surface area contributed by atoms with Crippen LogP contribution in [0.3, 0.4) is 0 Å². The lowest BCUT2D eigenvalue weighted by molar-refractivity contribution is 0.209. The highest BCUT2D eigenvalue weighted by atomic mass is 35.5. The molecule has 0 bridgehead atoms. The summed E-state index contributed by atoms with van der Waals surface area (Å²) < 4.78 is 0. The monoisotopic (exact) mass is 200 g/mol. The van der Waals surface area contributed by atoms with E-state index in [0.29, 0.717) is 5.15 Å². The normalized spacial score (nSPS) is 9.69. The molecule has 1 aromatic heterocycles. The molecule has 0 aliphatic heterocycles. The topological polar surface area (TPSA) is 62.2 Å². The van der Waals surface area contributed by atoms with Crippen LogP contribution in [0.4, 0.5) is 10.6 Å². The average Bonchev–Trinajstić information content (AvgIpc) is 2.01. The minimum absolute atomic E-state index is 0.261. The van der Waals surface area contributed by atoms with E-state index in [1.54, 1.807) is 12.1 Å². The number of aryl methyl sites for hydroxylation is 1. The van der Waals surface area contributed by atoms with Crippen LogP contribution in [0.15, 0.2) is 12.1 Å². The van der Waals surface area contributed by atoms with Gasteiger partial charge in [0.15, 0.2) is 0 Å². The third kappa shape index (κ3) is 2.91. The first-order valence-corrected chi connectivity index (χ1v) is 4.16. The van der Waals surface area contributed by atoms with E-state index in [1.807, 2.05) is 6.92 Å². The smallest absolute Gasteiger partial charge is 0.410 e. The summed E-state index contributed by atoms with van der Waals surface area (Å²) in [7, 11) is 0. The number of aromatic nitrogens is 1. The van der Waals surface area contributed by atoms with Crippen LogP contribution in [0.2, 0.25) is 5.15 Å². The fourth-order valence-electron chi connectivity index (χ4n) is 0.928. The lowest BCUT2D eigenvalue weighted by Gasteiger charge is -2.02. The molecule has 1 rings (SSSR count). The molecule has 0 atom stereocenters. The van der Waals surface area contributed by atoms with Gasteiger partial charge < -0.3 is 5.11 Å². The van der Waals surface area contributed by atoms with E-state index in [0.717, 1.165) is 12.0 Å². The molecule has 0 radical (unpaired) electrons. The van der Waals surface area contributed by atoms with E-state index in [4.69, 9.17) is 16.7 Å². The van der Waals surface area contributed by atoms with E-state index in [-0.39, 0.29) is 5.82 Å². The Morgan fingerprint density at radius 1 is 1.69 bits per heavy atom. The van der Waals surface area contributed by atoms with Crippen LogP contribution < -0.4 is 5.32 Å². The van der Waals surface area contributed by atoms with Gasteiger partial charge in [0, 0.05) is 0 Å². The molecule has 0 aliphatic rings. The van der Waals surface area contributed by atoms with Crippen molar-refractivity contribution < 1.29 is 9.90 Å². The van der Waals surface area contributed by atoms with Crippen molar-refractivity contribution in [2.45, 2.75) is 13.3 Å². The third-order valence-corrected chi connectivity index (χ3v) is 1.69. The summed E-state index contributed by atoms with van der Waals surface area (Å²) in [5, 5.41) is 10.9. The van der Waals surface area contributed by atoms with E-state index < -0.39 is 6.09 Å². The Bertz CT molecular complexity index is 328. The molecule has 2 N–H and O–H groups in total. The Hall–Kier alpha value is -1.29. The highest BCUT2D eigenvalue weighted by Gasteiger charge is 2.02. The zero-order valence-electron chi connectivity index (χ0n) is 7.04. The quantitative estimate of drug-likeness (QED) is 0.721. The number of hydrogen-bond donors (Lipinski definition) is 2. The number of rotatable bonds is 2. The summed E-state index contributed by atoms with van der Waals surface area (Å²) in [6.45, 7) is 1.95. The van der Waals surface area contributed by atoms with Crippen molar-refractivity contribution in [3.8, 4) is 0 Å². The minimum Gasteiger partial charge on any atom is -0.465 e. The molecule has 0 saturated carbocycles. The summed E-state index contributed by atoms with van der Waals surface area (Å²) in [6.07, 6.45) is -0.354. The molecule has 0 spiro atoms. The number of nitrogens with zero attached hydrogens (tertiary/aromatic N) is 1. The minimum atomic E-state index is -1.14. The average molecular weight is 201 g/mol. The lowest BCUT2D eigenvalue weighted by Crippen LogP contribution is -2.09. The van der Waals surface area contributed by atoms with Crippen molar-refractivity contribution in [1.29, 1.82) is 0 Å². The van der Waals surface area contributed by atoms with Gasteiger partial charge in [0.1, 0.15) is 11.0 Å². The van der Waals surface area contributed by atoms with Crippen molar-refractivity contribution in [3.63, 3.8) is 0 Å². The van der Waals surface area contributed by atoms with Gasteiger partial charge in [0.2, 0.25) is 0 Å². The van der Waals surface area contributed by atoms with Gasteiger partial charge in [-0.2, -0.15) is 0 Å². The molecule has 5 heteroatoms. The van der Waals surface area contributed by atoms with Gasteiger partial charge in [0.25, 0.3) is 0 Å². The molecule has 70 valence electrons. The number of amides is 1. The maximum atomic E-state index is 10.3. The Morgan fingerprint density at radius 3 is 2.92 bits per heavy atom. The standard InChI is InChI=1S/C8H9ClN2O2/c1-2-5-3-6(9)10-7(4-5)11-8(12)13/h3-4H,2H2,1H3,(H,10,11)(H,12,13). The van der Waals surface area contributed by atoms with Crippen LogP contribution in [0.1, 0.15) is 12.5 Å². The van der Waals surface area contributed by atoms with Gasteiger partial charge in [-0.15, -0.1) is 0 Å². The van der Waals surface area contributed by atoms with E-state index in [1.165, 1.54) is 0 Å². The summed E-state index contributed by atoms with van der Waals surface area (Å²) in [5.41, 5.74) is 0.948. The van der Waals surface area contributed by atoms with E-state index >= 15 is 0 Å². The van der Waals surface area contributed by atoms with Gasteiger partial charge in [-0.05, 0) is 24.1 Å². The SMILES string of the molecule is CCc1cc(Cl)nc(NC(=O)O)c1. The fourth-order valence-corrected chi connectivity index (χ4v) is 1.16. The van der Waals surface area contributed by atoms with Crippen LogP contribution in [-0.2, 0) is 6.42 Å². The van der Waals surface area contributed by atoms with E-state index in [9.17, 15) is 4.79 Å². The molecule has 0 saturated heterocycles. The molecule has 1 amide bonds. The highest BCUT2D eigenvalue weighted by Crippen LogP contribution is 2.14. The molecule has 4 nitrogen and oxygen atoms in total. The lowest BCUT2D eigenvalue weighted by atomic mass is 10.2. The van der Waals surface area contributed by atoms with Gasteiger partial charge >= 0.3 is 6.09 Å². The summed E-state index contributed by atoms with van der Waals surface area (Å²) in [6, 6.07) is 3.36. The third-order valence-electron chi connectivity index (χ3n) is 1.50. The van der Waals surface area contributed by atoms with E-state index in [2.05, 4.69) is 10.3 Å². The van der Waals surface area contributed by atoms with Crippen molar-refractivity contribution in [3.05, 3.63) is 22.8 Å². The summed E-state index contributed by atoms with van der Waals surface area (Å²) >= 11 is 5.67. The van der Waals surface area contributed by atoms with Crippen LogP contribution >= 0.6 is 11.6 Å². The summed E-state index contributed by atoms with van der Waals surface area (Å²) in [4.78, 5) is 14.1. The number of halogens is 1. The van der Waals surface area contributed by atoms with Crippen molar-refractivity contribution in [2.24, 2.45) is 0 Å². The number of anilines is 1. The molecule has 1 heterocycles.